The number of ether oxygens (including phenoxy) is 2. The number of carbonyl (C=O) groups is 1. The molecule has 0 spiro atoms. The molecular formula is C23H18N4O3S. The highest BCUT2D eigenvalue weighted by Crippen LogP contribution is 2.32. The monoisotopic (exact) mass is 430 g/mol. The number of fused-ring (bicyclic) bond motifs is 1. The summed E-state index contributed by atoms with van der Waals surface area (Å²) in [7, 11) is 0. The van der Waals surface area contributed by atoms with E-state index in [1.54, 1.807) is 23.6 Å². The Morgan fingerprint density at radius 1 is 1.13 bits per heavy atom. The SMILES string of the molecule is O=C(Cc1ccc2c(c1)OCO2)N/N=C/c1cn(-c2ccccc2)nc1-c1cccs1. The Labute approximate surface area is 182 Å². The predicted octanol–water partition coefficient (Wildman–Crippen LogP) is 4.02. The molecule has 2 aromatic carbocycles. The fourth-order valence-electron chi connectivity index (χ4n) is 3.25. The summed E-state index contributed by atoms with van der Waals surface area (Å²) in [5.74, 6) is 1.13. The molecule has 0 atom stereocenters. The first kappa shape index (κ1) is 19.1. The summed E-state index contributed by atoms with van der Waals surface area (Å²) in [6, 6.07) is 19.3. The van der Waals surface area contributed by atoms with Crippen molar-refractivity contribution >= 4 is 23.5 Å². The summed E-state index contributed by atoms with van der Waals surface area (Å²) in [5, 5.41) is 10.9. The fourth-order valence-corrected chi connectivity index (χ4v) is 3.98. The van der Waals surface area contributed by atoms with Crippen LogP contribution in [-0.4, -0.2) is 28.7 Å². The van der Waals surface area contributed by atoms with Gasteiger partial charge in [0, 0.05) is 11.8 Å². The van der Waals surface area contributed by atoms with Gasteiger partial charge in [0.1, 0.15) is 5.69 Å². The largest absolute Gasteiger partial charge is 0.454 e. The van der Waals surface area contributed by atoms with Crippen molar-refractivity contribution in [1.82, 2.24) is 15.2 Å². The molecule has 2 aromatic heterocycles. The number of benzene rings is 2. The molecule has 1 aliphatic heterocycles. The van der Waals surface area contributed by atoms with Crippen LogP contribution in [-0.2, 0) is 11.2 Å². The highest BCUT2D eigenvalue weighted by molar-refractivity contribution is 7.13. The lowest BCUT2D eigenvalue weighted by Gasteiger charge is -2.02. The Bertz CT molecular complexity index is 1230. The molecule has 154 valence electrons. The molecule has 1 amide bonds. The Morgan fingerprint density at radius 3 is 2.84 bits per heavy atom. The lowest BCUT2D eigenvalue weighted by atomic mass is 10.1. The van der Waals surface area contributed by atoms with E-state index >= 15 is 0 Å². The van der Waals surface area contributed by atoms with Gasteiger partial charge in [0.25, 0.3) is 0 Å². The van der Waals surface area contributed by atoms with Gasteiger partial charge in [-0.15, -0.1) is 11.3 Å². The smallest absolute Gasteiger partial charge is 0.244 e. The standard InChI is InChI=1S/C23H18N4O3S/c28-22(12-16-8-9-19-20(11-16)30-15-29-19)25-24-13-17-14-27(18-5-2-1-3-6-18)26-23(17)21-7-4-10-31-21/h1-11,13-14H,12,15H2,(H,25,28)/b24-13+. The van der Waals surface area contributed by atoms with Gasteiger partial charge < -0.3 is 9.47 Å². The van der Waals surface area contributed by atoms with Crippen molar-refractivity contribution in [2.45, 2.75) is 6.42 Å². The van der Waals surface area contributed by atoms with Crippen molar-refractivity contribution in [2.75, 3.05) is 6.79 Å². The molecule has 5 rings (SSSR count). The third kappa shape index (κ3) is 4.19. The van der Waals surface area contributed by atoms with E-state index in [9.17, 15) is 4.79 Å². The van der Waals surface area contributed by atoms with E-state index < -0.39 is 0 Å². The molecular weight excluding hydrogens is 412 g/mol. The van der Waals surface area contributed by atoms with Gasteiger partial charge in [-0.1, -0.05) is 30.3 Å². The summed E-state index contributed by atoms with van der Waals surface area (Å²) in [5.41, 5.74) is 6.00. The second-order valence-corrected chi connectivity index (χ2v) is 7.80. The summed E-state index contributed by atoms with van der Waals surface area (Å²) < 4.78 is 12.5. The Balaban J connectivity index is 1.32. The van der Waals surface area contributed by atoms with Crippen LogP contribution in [0.1, 0.15) is 11.1 Å². The summed E-state index contributed by atoms with van der Waals surface area (Å²) in [6.45, 7) is 0.207. The van der Waals surface area contributed by atoms with Crippen molar-refractivity contribution in [1.29, 1.82) is 0 Å². The molecule has 1 N–H and O–H groups in total. The van der Waals surface area contributed by atoms with Crippen LogP contribution in [0, 0.1) is 0 Å². The first-order valence-corrected chi connectivity index (χ1v) is 10.5. The molecule has 4 aromatic rings. The average Bonchev–Trinajstić information content (AvgIpc) is 3.54. The molecule has 0 aliphatic carbocycles. The van der Waals surface area contributed by atoms with Gasteiger partial charge in [-0.25, -0.2) is 10.1 Å². The molecule has 0 saturated heterocycles. The van der Waals surface area contributed by atoms with E-state index in [1.165, 1.54) is 0 Å². The average molecular weight is 430 g/mol. The van der Waals surface area contributed by atoms with Crippen LogP contribution in [0.4, 0.5) is 0 Å². The molecule has 0 unspecified atom stereocenters. The number of para-hydroxylation sites is 1. The van der Waals surface area contributed by atoms with Crippen LogP contribution < -0.4 is 14.9 Å². The van der Waals surface area contributed by atoms with Gasteiger partial charge in [0.15, 0.2) is 11.5 Å². The highest BCUT2D eigenvalue weighted by Gasteiger charge is 2.15. The quantitative estimate of drug-likeness (QED) is 0.370. The number of hydrogen-bond donors (Lipinski definition) is 1. The van der Waals surface area contributed by atoms with Gasteiger partial charge in [-0.3, -0.25) is 4.79 Å². The zero-order chi connectivity index (χ0) is 21.0. The molecule has 0 fully saturated rings. The number of nitrogens with one attached hydrogen (secondary N) is 1. The Morgan fingerprint density at radius 2 is 2.00 bits per heavy atom. The van der Waals surface area contributed by atoms with E-state index in [-0.39, 0.29) is 19.1 Å². The lowest BCUT2D eigenvalue weighted by molar-refractivity contribution is -0.120. The normalized spacial score (nSPS) is 12.4. The van der Waals surface area contributed by atoms with E-state index in [2.05, 4.69) is 10.5 Å². The Kier molecular flexibility index (Phi) is 5.20. The third-order valence-corrected chi connectivity index (χ3v) is 5.59. The molecule has 3 heterocycles. The minimum absolute atomic E-state index is 0.190. The topological polar surface area (TPSA) is 77.7 Å². The van der Waals surface area contributed by atoms with Crippen LogP contribution in [0.15, 0.2) is 77.3 Å². The van der Waals surface area contributed by atoms with Gasteiger partial charge >= 0.3 is 0 Å². The molecule has 8 heteroatoms. The molecule has 1 aliphatic rings. The predicted molar refractivity (Wildman–Crippen MR) is 119 cm³/mol. The number of nitrogens with zero attached hydrogens (tertiary/aromatic N) is 3. The highest BCUT2D eigenvalue weighted by atomic mass is 32.1. The maximum absolute atomic E-state index is 12.3. The lowest BCUT2D eigenvalue weighted by Crippen LogP contribution is -2.19. The molecule has 7 nitrogen and oxygen atoms in total. The second-order valence-electron chi connectivity index (χ2n) is 6.85. The summed E-state index contributed by atoms with van der Waals surface area (Å²) in [6.07, 6.45) is 3.71. The number of thiophene rings is 1. The van der Waals surface area contributed by atoms with Crippen LogP contribution in [0.5, 0.6) is 11.5 Å². The number of aromatic nitrogens is 2. The van der Waals surface area contributed by atoms with Gasteiger partial charge in [-0.05, 0) is 41.3 Å². The maximum Gasteiger partial charge on any atom is 0.244 e. The second kappa shape index (κ2) is 8.45. The fraction of sp³-hybridized carbons (Fsp3) is 0.0870. The zero-order valence-electron chi connectivity index (χ0n) is 16.4. The molecule has 0 radical (unpaired) electrons. The molecule has 31 heavy (non-hydrogen) atoms. The number of carbonyl (C=O) groups excluding carboxylic acids is 1. The number of hydrogen-bond acceptors (Lipinski definition) is 6. The van der Waals surface area contributed by atoms with Crippen LogP contribution in [0.2, 0.25) is 0 Å². The Hall–Kier alpha value is -3.91. The van der Waals surface area contributed by atoms with Crippen molar-refractivity contribution < 1.29 is 14.3 Å². The summed E-state index contributed by atoms with van der Waals surface area (Å²) >= 11 is 1.60. The van der Waals surface area contributed by atoms with Crippen molar-refractivity contribution in [2.24, 2.45) is 5.10 Å². The number of rotatable bonds is 6. The van der Waals surface area contributed by atoms with E-state index in [0.29, 0.717) is 11.5 Å². The van der Waals surface area contributed by atoms with Crippen molar-refractivity contribution in [3.05, 3.63) is 83.4 Å². The van der Waals surface area contributed by atoms with Gasteiger partial charge in [0.05, 0.1) is 23.2 Å². The molecule has 0 bridgehead atoms. The zero-order valence-corrected chi connectivity index (χ0v) is 17.2. The van der Waals surface area contributed by atoms with E-state index in [1.807, 2.05) is 70.9 Å². The van der Waals surface area contributed by atoms with Gasteiger partial charge in [0.2, 0.25) is 12.7 Å². The van der Waals surface area contributed by atoms with Crippen LogP contribution in [0.3, 0.4) is 0 Å². The van der Waals surface area contributed by atoms with Gasteiger partial charge in [-0.2, -0.15) is 10.2 Å². The minimum atomic E-state index is -0.219. The number of amides is 1. The van der Waals surface area contributed by atoms with Crippen molar-refractivity contribution in [3.8, 4) is 27.8 Å². The summed E-state index contributed by atoms with van der Waals surface area (Å²) in [4.78, 5) is 13.4. The van der Waals surface area contributed by atoms with Crippen LogP contribution >= 0.6 is 11.3 Å². The molecule has 0 saturated carbocycles. The van der Waals surface area contributed by atoms with E-state index in [0.717, 1.165) is 27.4 Å². The van der Waals surface area contributed by atoms with Crippen molar-refractivity contribution in [3.63, 3.8) is 0 Å². The van der Waals surface area contributed by atoms with E-state index in [4.69, 9.17) is 14.6 Å². The third-order valence-electron chi connectivity index (χ3n) is 4.71. The first-order chi connectivity index (χ1) is 15.3. The minimum Gasteiger partial charge on any atom is -0.454 e. The van der Waals surface area contributed by atoms with Crippen LogP contribution in [0.25, 0.3) is 16.3 Å². The number of hydrazone groups is 1. The first-order valence-electron chi connectivity index (χ1n) is 9.66. The maximum atomic E-state index is 12.3.